The number of nitrogens with two attached hydrogens (primary N) is 1. The van der Waals surface area contributed by atoms with E-state index in [9.17, 15) is 4.79 Å². The summed E-state index contributed by atoms with van der Waals surface area (Å²) in [6.07, 6.45) is 0. The Labute approximate surface area is 91.8 Å². The Morgan fingerprint density at radius 2 is 1.93 bits per heavy atom. The molecule has 1 heterocycles. The van der Waals surface area contributed by atoms with Crippen LogP contribution in [0.5, 0.6) is 0 Å². The molecule has 0 aromatic heterocycles. The highest BCUT2D eigenvalue weighted by Crippen LogP contribution is 2.16. The minimum atomic E-state index is -0.372. The highest BCUT2D eigenvalue weighted by Gasteiger charge is 2.28. The van der Waals surface area contributed by atoms with Gasteiger partial charge in [0.15, 0.2) is 5.78 Å². The maximum atomic E-state index is 11.9. The van der Waals surface area contributed by atoms with Crippen LogP contribution in [-0.2, 0) is 9.53 Å². The van der Waals surface area contributed by atoms with Gasteiger partial charge in [-0.15, -0.1) is 0 Å². The number of hydrogen-bond acceptors (Lipinski definition) is 4. The normalized spacial score (nSPS) is 21.3. The molecule has 15 heavy (non-hydrogen) atoms. The van der Waals surface area contributed by atoms with Crippen LogP contribution in [0.15, 0.2) is 0 Å². The largest absolute Gasteiger partial charge is 0.379 e. The van der Waals surface area contributed by atoms with Crippen molar-refractivity contribution in [2.24, 2.45) is 11.1 Å². The molecule has 4 nitrogen and oxygen atoms in total. The third kappa shape index (κ3) is 3.89. The quantitative estimate of drug-likeness (QED) is 0.732. The van der Waals surface area contributed by atoms with Crippen LogP contribution in [0.25, 0.3) is 0 Å². The Morgan fingerprint density at radius 1 is 1.40 bits per heavy atom. The summed E-state index contributed by atoms with van der Waals surface area (Å²) in [6, 6.07) is -0.372. The average molecular weight is 214 g/mol. The lowest BCUT2D eigenvalue weighted by Crippen LogP contribution is -2.49. The lowest BCUT2D eigenvalue weighted by Gasteiger charge is -2.30. The predicted molar refractivity (Wildman–Crippen MR) is 59.7 cm³/mol. The fourth-order valence-electron chi connectivity index (χ4n) is 1.70. The van der Waals surface area contributed by atoms with Crippen LogP contribution in [-0.4, -0.2) is 49.6 Å². The van der Waals surface area contributed by atoms with Crippen molar-refractivity contribution in [2.75, 3.05) is 32.8 Å². The lowest BCUT2D eigenvalue weighted by atomic mass is 9.86. The van der Waals surface area contributed by atoms with Gasteiger partial charge in [0.2, 0.25) is 0 Å². The first-order valence-corrected chi connectivity index (χ1v) is 5.51. The molecule has 1 fully saturated rings. The zero-order chi connectivity index (χ0) is 11.5. The van der Waals surface area contributed by atoms with Crippen molar-refractivity contribution in [1.29, 1.82) is 0 Å². The van der Waals surface area contributed by atoms with Crippen LogP contribution in [0.1, 0.15) is 20.8 Å². The monoisotopic (exact) mass is 214 g/mol. The molecule has 0 saturated carbocycles. The minimum absolute atomic E-state index is 0.133. The number of ketones is 1. The van der Waals surface area contributed by atoms with E-state index in [0.29, 0.717) is 6.54 Å². The second-order valence-corrected chi connectivity index (χ2v) is 5.13. The molecule has 1 aliphatic heterocycles. The number of nitrogens with zero attached hydrogens (tertiary/aromatic N) is 1. The average Bonchev–Trinajstić information content (AvgIpc) is 2.16. The molecule has 0 radical (unpaired) electrons. The number of ether oxygens (including phenoxy) is 1. The summed E-state index contributed by atoms with van der Waals surface area (Å²) in [4.78, 5) is 14.0. The van der Waals surface area contributed by atoms with E-state index in [4.69, 9.17) is 10.5 Å². The van der Waals surface area contributed by atoms with Crippen molar-refractivity contribution in [3.8, 4) is 0 Å². The molecule has 88 valence electrons. The first-order valence-electron chi connectivity index (χ1n) is 5.51. The van der Waals surface area contributed by atoms with E-state index in [1.54, 1.807) is 0 Å². The number of hydrogen-bond donors (Lipinski definition) is 1. The van der Waals surface area contributed by atoms with Gasteiger partial charge < -0.3 is 10.5 Å². The molecule has 1 atom stereocenters. The van der Waals surface area contributed by atoms with Gasteiger partial charge >= 0.3 is 0 Å². The van der Waals surface area contributed by atoms with Gasteiger partial charge in [-0.3, -0.25) is 9.69 Å². The predicted octanol–water partition coefficient (Wildman–Crippen LogP) is 0.261. The van der Waals surface area contributed by atoms with Gasteiger partial charge in [0.05, 0.1) is 19.3 Å². The summed E-state index contributed by atoms with van der Waals surface area (Å²) in [5, 5.41) is 0. The van der Waals surface area contributed by atoms with Crippen molar-refractivity contribution in [2.45, 2.75) is 26.8 Å². The maximum absolute atomic E-state index is 11.9. The lowest BCUT2D eigenvalue weighted by molar-refractivity contribution is -0.128. The summed E-state index contributed by atoms with van der Waals surface area (Å²) in [5.74, 6) is 0.133. The van der Waals surface area contributed by atoms with Crippen LogP contribution < -0.4 is 5.73 Å². The molecule has 4 heteroatoms. The number of carbonyl (C=O) groups is 1. The molecule has 0 aromatic carbocycles. The van der Waals surface area contributed by atoms with E-state index < -0.39 is 0 Å². The van der Waals surface area contributed by atoms with E-state index in [2.05, 4.69) is 4.90 Å². The fraction of sp³-hybridized carbons (Fsp3) is 0.909. The zero-order valence-corrected chi connectivity index (χ0v) is 9.95. The standard InChI is InChI=1S/C11H22N2O2/c1-11(2,3)10(14)9(12)8-13-4-6-15-7-5-13/h9H,4-8,12H2,1-3H3/t9-/m0/s1. The Balaban J connectivity index is 2.40. The topological polar surface area (TPSA) is 55.6 Å². The SMILES string of the molecule is CC(C)(C)C(=O)[C@@H](N)CN1CCOCC1. The summed E-state index contributed by atoms with van der Waals surface area (Å²) < 4.78 is 5.24. The first kappa shape index (κ1) is 12.6. The molecule has 1 aliphatic rings. The van der Waals surface area contributed by atoms with Crippen LogP contribution in [0, 0.1) is 5.41 Å². The first-order chi connectivity index (χ1) is 6.91. The summed E-state index contributed by atoms with van der Waals surface area (Å²) >= 11 is 0. The van der Waals surface area contributed by atoms with Crippen molar-refractivity contribution < 1.29 is 9.53 Å². The smallest absolute Gasteiger partial charge is 0.156 e. The second kappa shape index (κ2) is 5.05. The van der Waals surface area contributed by atoms with Gasteiger partial charge in [0.25, 0.3) is 0 Å². The van der Waals surface area contributed by atoms with Gasteiger partial charge in [0.1, 0.15) is 0 Å². The van der Waals surface area contributed by atoms with Crippen LogP contribution >= 0.6 is 0 Å². The number of rotatable bonds is 3. The minimum Gasteiger partial charge on any atom is -0.379 e. The molecule has 0 bridgehead atoms. The fourth-order valence-corrected chi connectivity index (χ4v) is 1.70. The van der Waals surface area contributed by atoms with Gasteiger partial charge in [0, 0.05) is 25.0 Å². The Hall–Kier alpha value is -0.450. The highest BCUT2D eigenvalue weighted by molar-refractivity contribution is 5.88. The molecule has 1 saturated heterocycles. The van der Waals surface area contributed by atoms with Crippen molar-refractivity contribution in [3.05, 3.63) is 0 Å². The summed E-state index contributed by atoms with van der Waals surface area (Å²) in [6.45, 7) is 9.64. The number of morpholine rings is 1. The van der Waals surface area contributed by atoms with Gasteiger partial charge in [-0.2, -0.15) is 0 Å². The molecular weight excluding hydrogens is 192 g/mol. The Kier molecular flexibility index (Phi) is 4.25. The van der Waals surface area contributed by atoms with E-state index in [1.165, 1.54) is 0 Å². The number of carbonyl (C=O) groups excluding carboxylic acids is 1. The van der Waals surface area contributed by atoms with Gasteiger partial charge in [-0.05, 0) is 0 Å². The molecule has 0 unspecified atom stereocenters. The molecule has 0 aliphatic carbocycles. The van der Waals surface area contributed by atoms with Crippen molar-refractivity contribution >= 4 is 5.78 Å². The Morgan fingerprint density at radius 3 is 2.40 bits per heavy atom. The van der Waals surface area contributed by atoms with E-state index in [-0.39, 0.29) is 17.2 Å². The van der Waals surface area contributed by atoms with Gasteiger partial charge in [-0.25, -0.2) is 0 Å². The zero-order valence-electron chi connectivity index (χ0n) is 9.95. The molecule has 0 spiro atoms. The molecule has 2 N–H and O–H groups in total. The second-order valence-electron chi connectivity index (χ2n) is 5.13. The van der Waals surface area contributed by atoms with Crippen molar-refractivity contribution in [3.63, 3.8) is 0 Å². The number of Topliss-reactive ketones (excluding diaryl/α,β-unsaturated/α-hetero) is 1. The third-order valence-corrected chi connectivity index (χ3v) is 2.63. The van der Waals surface area contributed by atoms with Crippen LogP contribution in [0.3, 0.4) is 0 Å². The van der Waals surface area contributed by atoms with Crippen LogP contribution in [0.2, 0.25) is 0 Å². The highest BCUT2D eigenvalue weighted by atomic mass is 16.5. The molecule has 1 rings (SSSR count). The van der Waals surface area contributed by atoms with E-state index >= 15 is 0 Å². The molecular formula is C11H22N2O2. The Bertz CT molecular complexity index is 217. The third-order valence-electron chi connectivity index (χ3n) is 2.63. The summed E-state index contributed by atoms with van der Waals surface area (Å²) in [5.41, 5.74) is 5.56. The van der Waals surface area contributed by atoms with E-state index in [0.717, 1.165) is 26.3 Å². The maximum Gasteiger partial charge on any atom is 0.156 e. The van der Waals surface area contributed by atoms with Crippen LogP contribution in [0.4, 0.5) is 0 Å². The van der Waals surface area contributed by atoms with E-state index in [1.807, 2.05) is 20.8 Å². The molecule has 0 amide bonds. The molecule has 0 aromatic rings. The van der Waals surface area contributed by atoms with Gasteiger partial charge in [-0.1, -0.05) is 20.8 Å². The van der Waals surface area contributed by atoms with Crippen molar-refractivity contribution in [1.82, 2.24) is 4.90 Å². The summed E-state index contributed by atoms with van der Waals surface area (Å²) in [7, 11) is 0.